The first kappa shape index (κ1) is 39.2. The van der Waals surface area contributed by atoms with Crippen molar-refractivity contribution in [2.24, 2.45) is 0 Å². The molecule has 51 heavy (non-hydrogen) atoms. The topological polar surface area (TPSA) is 302 Å². The van der Waals surface area contributed by atoms with Gasteiger partial charge in [0.2, 0.25) is 41.4 Å². The molecule has 1 heterocycles. The fraction of sp³-hybridized carbons (Fsp3) is 0.375. The molecule has 0 spiro atoms. The van der Waals surface area contributed by atoms with Gasteiger partial charge in [-0.1, -0.05) is 24.3 Å². The summed E-state index contributed by atoms with van der Waals surface area (Å²) in [6.07, 6.45) is -2.80. The Labute approximate surface area is 290 Å². The molecule has 0 saturated carbocycles. The van der Waals surface area contributed by atoms with E-state index < -0.39 is 104 Å². The van der Waals surface area contributed by atoms with Crippen LogP contribution in [-0.4, -0.2) is 118 Å². The van der Waals surface area contributed by atoms with Crippen molar-refractivity contribution in [2.45, 2.75) is 56.5 Å². The van der Waals surface area contributed by atoms with Gasteiger partial charge in [0.25, 0.3) is 0 Å². The number of hydrogen-bond donors (Lipinski definition) is 11. The Hall–Kier alpha value is -6.24. The van der Waals surface area contributed by atoms with Crippen molar-refractivity contribution in [2.75, 3.05) is 19.6 Å². The van der Waals surface area contributed by atoms with Crippen LogP contribution in [0.25, 0.3) is 0 Å². The number of carboxylic acids is 1. The number of nitrogens with one attached hydrogen (secondary N) is 7. The molecule has 5 atom stereocenters. The van der Waals surface area contributed by atoms with Gasteiger partial charge in [0.05, 0.1) is 32.2 Å². The zero-order chi connectivity index (χ0) is 37.7. The summed E-state index contributed by atoms with van der Waals surface area (Å²) in [4.78, 5) is 103. The fourth-order valence-electron chi connectivity index (χ4n) is 4.77. The van der Waals surface area contributed by atoms with Crippen LogP contribution in [0.2, 0.25) is 0 Å². The van der Waals surface area contributed by atoms with Crippen molar-refractivity contribution >= 4 is 47.3 Å². The van der Waals surface area contributed by atoms with Crippen LogP contribution in [0.3, 0.4) is 0 Å². The molecule has 2 aromatic rings. The predicted octanol–water partition coefficient (Wildman–Crippen LogP) is -3.96. The summed E-state index contributed by atoms with van der Waals surface area (Å²) in [5.74, 6) is -8.39. The molecule has 1 fully saturated rings. The van der Waals surface area contributed by atoms with Crippen molar-refractivity contribution in [1.82, 2.24) is 37.2 Å². The number of amides is 7. The standard InChI is InChI=1S/C32H39N7O12/c1-16(40)28-32(51)35-13-24(43)33-14-25(44)36-23(12-27(46)47)31(50)38-22(11-18-4-8-20(42)9-5-18)30(49)37-21(29(48)34-15-26(45)39-28)10-17-2-6-19(41)7-3-17/h2-9,16,21-23,28,40-42H,10-15H2,1H3,(H,33,43)(H,34,48)(H,35,51)(H,36,44)(H,37,49)(H,38,50)(H,39,45)(H,46,47)/t16-,21+,22+,23+,28+/m1/s1. The maximum Gasteiger partial charge on any atom is 0.305 e. The lowest BCUT2D eigenvalue weighted by atomic mass is 10.0. The van der Waals surface area contributed by atoms with E-state index >= 15 is 0 Å². The Morgan fingerprint density at radius 1 is 0.608 bits per heavy atom. The van der Waals surface area contributed by atoms with Crippen LogP contribution < -0.4 is 37.2 Å². The lowest BCUT2D eigenvalue weighted by Gasteiger charge is -2.25. The largest absolute Gasteiger partial charge is 0.508 e. The summed E-state index contributed by atoms with van der Waals surface area (Å²) in [6, 6.07) is 4.96. The van der Waals surface area contributed by atoms with Crippen LogP contribution in [0.15, 0.2) is 48.5 Å². The maximum absolute atomic E-state index is 13.8. The molecule has 7 amide bonds. The minimum absolute atomic E-state index is 0.0765. The highest BCUT2D eigenvalue weighted by Crippen LogP contribution is 2.14. The van der Waals surface area contributed by atoms with Crippen molar-refractivity contribution in [3.05, 3.63) is 59.7 Å². The number of carbonyl (C=O) groups is 8. The minimum atomic E-state index is -1.74. The summed E-state index contributed by atoms with van der Waals surface area (Å²) < 4.78 is 0. The molecule has 2 aromatic carbocycles. The number of rotatable bonds is 7. The van der Waals surface area contributed by atoms with Gasteiger partial charge in [0.15, 0.2) is 0 Å². The molecule has 1 aliphatic rings. The SMILES string of the molecule is C[C@@H](O)[C@@H]1NC(=O)CNC(=O)[C@H](Cc2ccc(O)cc2)NC(=O)[C@H](Cc2ccc(O)cc2)NC(=O)[C@H](CC(=O)O)NC(=O)CNC(=O)CNC1=O. The number of benzene rings is 2. The van der Waals surface area contributed by atoms with E-state index in [-0.39, 0.29) is 24.3 Å². The second-order valence-electron chi connectivity index (χ2n) is 11.6. The maximum atomic E-state index is 13.8. The first-order chi connectivity index (χ1) is 24.1. The summed E-state index contributed by atoms with van der Waals surface area (Å²) in [6.45, 7) is -0.989. The molecule has 0 unspecified atom stereocenters. The summed E-state index contributed by atoms with van der Waals surface area (Å²) in [5, 5.41) is 55.0. The summed E-state index contributed by atoms with van der Waals surface area (Å²) in [7, 11) is 0. The first-order valence-corrected chi connectivity index (χ1v) is 15.6. The normalized spacial score (nSPS) is 22.4. The number of hydrogen-bond acceptors (Lipinski definition) is 11. The predicted molar refractivity (Wildman–Crippen MR) is 174 cm³/mol. The van der Waals surface area contributed by atoms with Crippen LogP contribution in [0, 0.1) is 0 Å². The van der Waals surface area contributed by atoms with Crippen LogP contribution in [0.4, 0.5) is 0 Å². The highest BCUT2D eigenvalue weighted by atomic mass is 16.4. The Balaban J connectivity index is 1.99. The number of carbonyl (C=O) groups excluding carboxylic acids is 7. The molecule has 3 rings (SSSR count). The number of carboxylic acid groups (broad SMARTS) is 1. The molecular weight excluding hydrogens is 674 g/mol. The molecule has 19 nitrogen and oxygen atoms in total. The smallest absolute Gasteiger partial charge is 0.305 e. The Bertz CT molecular complexity index is 1620. The van der Waals surface area contributed by atoms with Gasteiger partial charge in [-0.05, 0) is 42.3 Å². The van der Waals surface area contributed by atoms with Crippen molar-refractivity contribution in [1.29, 1.82) is 0 Å². The number of phenolic OH excluding ortho intramolecular Hbond substituents is 2. The number of aliphatic hydroxyl groups excluding tert-OH is 1. The Kier molecular flexibility index (Phi) is 14.2. The van der Waals surface area contributed by atoms with Crippen molar-refractivity contribution in [3.8, 4) is 11.5 Å². The van der Waals surface area contributed by atoms with E-state index in [1.54, 1.807) is 0 Å². The third-order valence-corrected chi connectivity index (χ3v) is 7.42. The Morgan fingerprint density at radius 2 is 1.04 bits per heavy atom. The van der Waals surface area contributed by atoms with E-state index in [1.165, 1.54) is 55.5 Å². The van der Waals surface area contributed by atoms with Gasteiger partial charge in [0.1, 0.15) is 35.7 Å². The van der Waals surface area contributed by atoms with Gasteiger partial charge >= 0.3 is 5.97 Å². The van der Waals surface area contributed by atoms with Crippen molar-refractivity contribution in [3.63, 3.8) is 0 Å². The van der Waals surface area contributed by atoms with Crippen LogP contribution in [-0.2, 0) is 51.2 Å². The zero-order valence-corrected chi connectivity index (χ0v) is 27.3. The quantitative estimate of drug-likeness (QED) is 0.131. The van der Waals surface area contributed by atoms with E-state index in [4.69, 9.17) is 0 Å². The van der Waals surface area contributed by atoms with E-state index in [0.29, 0.717) is 11.1 Å². The molecule has 0 bridgehead atoms. The second kappa shape index (κ2) is 18.5. The second-order valence-corrected chi connectivity index (χ2v) is 11.6. The van der Waals surface area contributed by atoms with Gasteiger partial charge in [-0.15, -0.1) is 0 Å². The molecule has 0 aromatic heterocycles. The number of aromatic hydroxyl groups is 2. The summed E-state index contributed by atoms with van der Waals surface area (Å²) in [5.41, 5.74) is 0.882. The van der Waals surface area contributed by atoms with Gasteiger partial charge in [-0.2, -0.15) is 0 Å². The minimum Gasteiger partial charge on any atom is -0.508 e. The molecule has 1 saturated heterocycles. The average Bonchev–Trinajstić information content (AvgIpc) is 3.07. The molecule has 19 heteroatoms. The van der Waals surface area contributed by atoms with Crippen LogP contribution >= 0.6 is 0 Å². The average molecular weight is 714 g/mol. The van der Waals surface area contributed by atoms with E-state index in [9.17, 15) is 58.8 Å². The first-order valence-electron chi connectivity index (χ1n) is 15.6. The number of aliphatic hydroxyl groups is 1. The van der Waals surface area contributed by atoms with Crippen LogP contribution in [0.1, 0.15) is 24.5 Å². The number of aliphatic carboxylic acids is 1. The lowest BCUT2D eigenvalue weighted by molar-refractivity contribution is -0.141. The monoisotopic (exact) mass is 713 g/mol. The fourth-order valence-corrected chi connectivity index (χ4v) is 4.77. The highest BCUT2D eigenvalue weighted by molar-refractivity contribution is 5.97. The van der Waals surface area contributed by atoms with E-state index in [2.05, 4.69) is 37.2 Å². The highest BCUT2D eigenvalue weighted by Gasteiger charge is 2.32. The van der Waals surface area contributed by atoms with E-state index in [0.717, 1.165) is 0 Å². The van der Waals surface area contributed by atoms with Gasteiger partial charge in [0, 0.05) is 12.8 Å². The van der Waals surface area contributed by atoms with Gasteiger partial charge in [-0.3, -0.25) is 38.4 Å². The zero-order valence-electron chi connectivity index (χ0n) is 27.3. The van der Waals surface area contributed by atoms with Crippen LogP contribution in [0.5, 0.6) is 11.5 Å². The molecule has 0 aliphatic carbocycles. The third-order valence-electron chi connectivity index (χ3n) is 7.42. The molecular formula is C32H39N7O12. The molecule has 11 N–H and O–H groups in total. The molecule has 274 valence electrons. The molecule has 1 aliphatic heterocycles. The van der Waals surface area contributed by atoms with Gasteiger partial charge in [-0.25, -0.2) is 0 Å². The molecule has 0 radical (unpaired) electrons. The van der Waals surface area contributed by atoms with Crippen molar-refractivity contribution < 1.29 is 58.8 Å². The van der Waals surface area contributed by atoms with E-state index in [1.807, 2.05) is 0 Å². The third kappa shape index (κ3) is 13.0. The summed E-state index contributed by atoms with van der Waals surface area (Å²) >= 11 is 0. The lowest BCUT2D eigenvalue weighted by Crippen LogP contribution is -2.59. The Morgan fingerprint density at radius 3 is 1.55 bits per heavy atom. The van der Waals surface area contributed by atoms with Gasteiger partial charge < -0.3 is 57.6 Å². The number of phenols is 2.